The molecule has 0 aromatic carbocycles. The second kappa shape index (κ2) is 5.42. The van der Waals surface area contributed by atoms with Crippen molar-refractivity contribution in [2.75, 3.05) is 5.32 Å². The van der Waals surface area contributed by atoms with Crippen molar-refractivity contribution in [2.45, 2.75) is 39.5 Å². The van der Waals surface area contributed by atoms with E-state index in [1.807, 2.05) is 6.92 Å². The first kappa shape index (κ1) is 13.6. The van der Waals surface area contributed by atoms with Crippen molar-refractivity contribution in [1.29, 1.82) is 0 Å². The Hall–Kier alpha value is -1.85. The number of anilines is 1. The van der Waals surface area contributed by atoms with Crippen molar-refractivity contribution in [2.24, 2.45) is 11.8 Å². The van der Waals surface area contributed by atoms with E-state index in [2.05, 4.69) is 15.5 Å². The van der Waals surface area contributed by atoms with Gasteiger partial charge in [-0.05, 0) is 26.7 Å². The summed E-state index contributed by atoms with van der Waals surface area (Å²) in [7, 11) is 0. The zero-order valence-electron chi connectivity index (χ0n) is 11.2. The average Bonchev–Trinajstić information content (AvgIpc) is 2.70. The molecule has 0 unspecified atom stereocenters. The van der Waals surface area contributed by atoms with E-state index < -0.39 is 17.8 Å². The lowest BCUT2D eigenvalue weighted by molar-refractivity contribution is -0.147. The minimum Gasteiger partial charge on any atom is -0.481 e. The van der Waals surface area contributed by atoms with Crippen molar-refractivity contribution in [3.63, 3.8) is 0 Å². The van der Waals surface area contributed by atoms with E-state index in [1.54, 1.807) is 6.92 Å². The molecule has 2 atom stereocenters. The van der Waals surface area contributed by atoms with Crippen LogP contribution in [0.2, 0.25) is 0 Å². The van der Waals surface area contributed by atoms with Gasteiger partial charge in [0.1, 0.15) is 0 Å². The molecular formula is C13H19N3O3. The molecule has 1 aliphatic carbocycles. The van der Waals surface area contributed by atoms with Gasteiger partial charge in [0, 0.05) is 0 Å². The number of aromatic nitrogens is 2. The number of carboxylic acid groups (broad SMARTS) is 1. The van der Waals surface area contributed by atoms with Crippen LogP contribution in [0.15, 0.2) is 0 Å². The standard InChI is InChI=1S/C13H19N3O3/c1-7-11(8(2)16-15-7)14-12(17)9-5-3-4-6-10(9)13(18)19/h9-10H,3-6H2,1-2H3,(H,14,17)(H,15,16)(H,18,19)/t9-,10-/m1/s1. The Balaban J connectivity index is 2.12. The Morgan fingerprint density at radius 2 is 1.89 bits per heavy atom. The van der Waals surface area contributed by atoms with Crippen LogP contribution < -0.4 is 5.32 Å². The van der Waals surface area contributed by atoms with Gasteiger partial charge >= 0.3 is 5.97 Å². The molecule has 1 amide bonds. The van der Waals surface area contributed by atoms with Gasteiger partial charge in [-0.1, -0.05) is 12.8 Å². The number of carbonyl (C=O) groups is 2. The molecule has 0 aliphatic heterocycles. The van der Waals surface area contributed by atoms with Crippen LogP contribution in [0.4, 0.5) is 5.69 Å². The predicted molar refractivity (Wildman–Crippen MR) is 69.8 cm³/mol. The maximum Gasteiger partial charge on any atom is 0.307 e. The van der Waals surface area contributed by atoms with Crippen LogP contribution in [0, 0.1) is 25.7 Å². The number of amides is 1. The van der Waals surface area contributed by atoms with Crippen molar-refractivity contribution in [1.82, 2.24) is 10.2 Å². The number of aryl methyl sites for hydroxylation is 2. The van der Waals surface area contributed by atoms with Gasteiger partial charge in [0.25, 0.3) is 0 Å². The Morgan fingerprint density at radius 1 is 1.26 bits per heavy atom. The molecule has 6 nitrogen and oxygen atoms in total. The van der Waals surface area contributed by atoms with Gasteiger partial charge < -0.3 is 10.4 Å². The normalized spacial score (nSPS) is 23.1. The van der Waals surface area contributed by atoms with E-state index in [0.717, 1.165) is 18.5 Å². The van der Waals surface area contributed by atoms with Crippen LogP contribution in [0.3, 0.4) is 0 Å². The van der Waals surface area contributed by atoms with Crippen LogP contribution in [0.25, 0.3) is 0 Å². The van der Waals surface area contributed by atoms with Crippen LogP contribution >= 0.6 is 0 Å². The zero-order valence-corrected chi connectivity index (χ0v) is 11.2. The molecule has 1 heterocycles. The third-order valence-electron chi connectivity index (χ3n) is 3.80. The summed E-state index contributed by atoms with van der Waals surface area (Å²) in [5.74, 6) is -2.10. The molecule has 6 heteroatoms. The van der Waals surface area contributed by atoms with E-state index in [4.69, 9.17) is 0 Å². The van der Waals surface area contributed by atoms with Crippen molar-refractivity contribution < 1.29 is 14.7 Å². The van der Waals surface area contributed by atoms with Gasteiger partial charge in [0.05, 0.1) is 28.9 Å². The summed E-state index contributed by atoms with van der Waals surface area (Å²) in [4.78, 5) is 23.5. The SMILES string of the molecule is Cc1n[nH]c(C)c1NC(=O)[C@@H]1CCCC[C@H]1C(=O)O. The molecule has 1 aliphatic rings. The lowest BCUT2D eigenvalue weighted by Gasteiger charge is -2.27. The molecule has 0 saturated heterocycles. The van der Waals surface area contributed by atoms with Gasteiger partial charge in [-0.2, -0.15) is 5.10 Å². The molecule has 0 spiro atoms. The summed E-state index contributed by atoms with van der Waals surface area (Å²) in [5, 5.41) is 18.8. The first-order valence-electron chi connectivity index (χ1n) is 6.56. The number of H-pyrrole nitrogens is 1. The van der Waals surface area contributed by atoms with Crippen molar-refractivity contribution in [3.8, 4) is 0 Å². The molecule has 0 radical (unpaired) electrons. The summed E-state index contributed by atoms with van der Waals surface area (Å²) in [6.07, 6.45) is 3.01. The predicted octanol–water partition coefficient (Wildman–Crippen LogP) is 1.86. The summed E-state index contributed by atoms with van der Waals surface area (Å²) in [6, 6.07) is 0. The highest BCUT2D eigenvalue weighted by Crippen LogP contribution is 2.31. The van der Waals surface area contributed by atoms with Gasteiger partial charge in [0.15, 0.2) is 0 Å². The number of carbonyl (C=O) groups excluding carboxylic acids is 1. The number of aromatic amines is 1. The fourth-order valence-corrected chi connectivity index (χ4v) is 2.69. The van der Waals surface area contributed by atoms with Gasteiger partial charge in [0.2, 0.25) is 5.91 Å². The highest BCUT2D eigenvalue weighted by Gasteiger charge is 2.36. The van der Waals surface area contributed by atoms with E-state index in [1.165, 1.54) is 0 Å². The highest BCUT2D eigenvalue weighted by molar-refractivity contribution is 5.96. The van der Waals surface area contributed by atoms with Crippen LogP contribution in [-0.2, 0) is 9.59 Å². The number of aliphatic carboxylic acids is 1. The fraction of sp³-hybridized carbons (Fsp3) is 0.615. The first-order chi connectivity index (χ1) is 9.00. The third kappa shape index (κ3) is 2.77. The molecule has 1 fully saturated rings. The summed E-state index contributed by atoms with van der Waals surface area (Å²) in [5.41, 5.74) is 2.17. The smallest absolute Gasteiger partial charge is 0.307 e. The number of rotatable bonds is 3. The average molecular weight is 265 g/mol. The molecule has 2 rings (SSSR count). The first-order valence-corrected chi connectivity index (χ1v) is 6.56. The minimum absolute atomic E-state index is 0.209. The number of nitrogens with zero attached hydrogens (tertiary/aromatic N) is 1. The molecule has 1 aromatic rings. The lowest BCUT2D eigenvalue weighted by atomic mass is 9.78. The Morgan fingerprint density at radius 3 is 2.42 bits per heavy atom. The molecule has 19 heavy (non-hydrogen) atoms. The van der Waals surface area contributed by atoms with Gasteiger partial charge in [-0.3, -0.25) is 14.7 Å². The summed E-state index contributed by atoms with van der Waals surface area (Å²) < 4.78 is 0. The van der Waals surface area contributed by atoms with Crippen molar-refractivity contribution >= 4 is 17.6 Å². The molecule has 1 aromatic heterocycles. The quantitative estimate of drug-likeness (QED) is 0.777. The monoisotopic (exact) mass is 265 g/mol. The second-order valence-electron chi connectivity index (χ2n) is 5.13. The maximum atomic E-state index is 12.3. The van der Waals surface area contributed by atoms with Crippen LogP contribution in [-0.4, -0.2) is 27.2 Å². The third-order valence-corrected chi connectivity index (χ3v) is 3.80. The topological polar surface area (TPSA) is 95.1 Å². The molecule has 3 N–H and O–H groups in total. The number of carboxylic acids is 1. The van der Waals surface area contributed by atoms with E-state index in [0.29, 0.717) is 24.2 Å². The molecule has 1 saturated carbocycles. The Labute approximate surface area is 111 Å². The number of hydrogen-bond acceptors (Lipinski definition) is 3. The van der Waals surface area contributed by atoms with Crippen LogP contribution in [0.1, 0.15) is 37.1 Å². The second-order valence-corrected chi connectivity index (χ2v) is 5.13. The summed E-state index contributed by atoms with van der Waals surface area (Å²) in [6.45, 7) is 3.62. The van der Waals surface area contributed by atoms with Crippen LogP contribution in [0.5, 0.6) is 0 Å². The summed E-state index contributed by atoms with van der Waals surface area (Å²) >= 11 is 0. The largest absolute Gasteiger partial charge is 0.481 e. The van der Waals surface area contributed by atoms with E-state index in [-0.39, 0.29) is 5.91 Å². The lowest BCUT2D eigenvalue weighted by Crippen LogP contribution is -2.36. The van der Waals surface area contributed by atoms with Crippen molar-refractivity contribution in [3.05, 3.63) is 11.4 Å². The maximum absolute atomic E-state index is 12.3. The molecule has 104 valence electrons. The van der Waals surface area contributed by atoms with E-state index in [9.17, 15) is 14.7 Å². The Kier molecular flexibility index (Phi) is 3.87. The van der Waals surface area contributed by atoms with E-state index >= 15 is 0 Å². The number of hydrogen-bond donors (Lipinski definition) is 3. The van der Waals surface area contributed by atoms with Gasteiger partial charge in [-0.25, -0.2) is 0 Å². The van der Waals surface area contributed by atoms with Gasteiger partial charge in [-0.15, -0.1) is 0 Å². The molecule has 0 bridgehead atoms. The number of nitrogens with one attached hydrogen (secondary N) is 2. The molecular weight excluding hydrogens is 246 g/mol. The minimum atomic E-state index is -0.875. The zero-order chi connectivity index (χ0) is 14.0. The highest BCUT2D eigenvalue weighted by atomic mass is 16.4. The Bertz CT molecular complexity index is 476. The fourth-order valence-electron chi connectivity index (χ4n) is 2.69.